The highest BCUT2D eigenvalue weighted by Gasteiger charge is 2.17. The van der Waals surface area contributed by atoms with Gasteiger partial charge < -0.3 is 4.42 Å². The van der Waals surface area contributed by atoms with Crippen LogP contribution in [0.1, 0.15) is 18.2 Å². The van der Waals surface area contributed by atoms with Crippen molar-refractivity contribution in [3.05, 3.63) is 17.6 Å². The maximum absolute atomic E-state index is 5.37. The second-order valence-electron chi connectivity index (χ2n) is 2.45. The van der Waals surface area contributed by atoms with E-state index in [-0.39, 0.29) is 0 Å². The van der Waals surface area contributed by atoms with Gasteiger partial charge in [-0.1, -0.05) is 6.92 Å². The third-order valence-electron chi connectivity index (χ3n) is 1.87. The third-order valence-corrected chi connectivity index (χ3v) is 2.93. The second kappa shape index (κ2) is 2.35. The summed E-state index contributed by atoms with van der Waals surface area (Å²) in [5.41, 5.74) is 1.47. The fraction of sp³-hybridized carbons (Fsp3) is 0.500. The zero-order valence-electron chi connectivity index (χ0n) is 6.02. The van der Waals surface area contributed by atoms with E-state index in [1.54, 1.807) is 0 Å². The molecule has 0 saturated heterocycles. The molecular weight excluding hydrogens is 144 g/mol. The molecule has 0 aliphatic carbocycles. The van der Waals surface area contributed by atoms with Crippen LogP contribution in [0.5, 0.6) is 0 Å². The first kappa shape index (κ1) is 6.35. The fourth-order valence-electron chi connectivity index (χ4n) is 1.35. The van der Waals surface area contributed by atoms with Gasteiger partial charge in [-0.05, 0) is 6.42 Å². The van der Waals surface area contributed by atoms with Crippen molar-refractivity contribution in [1.29, 1.82) is 0 Å². The predicted octanol–water partition coefficient (Wildman–Crippen LogP) is 2.49. The topological polar surface area (TPSA) is 13.1 Å². The van der Waals surface area contributed by atoms with Crippen molar-refractivity contribution < 1.29 is 4.42 Å². The Bertz CT molecular complexity index is 239. The van der Waals surface area contributed by atoms with Crippen LogP contribution in [0.25, 0.3) is 0 Å². The van der Waals surface area contributed by atoms with Crippen LogP contribution >= 0.6 is 11.8 Å². The van der Waals surface area contributed by atoms with Gasteiger partial charge in [0.1, 0.15) is 12.0 Å². The van der Waals surface area contributed by atoms with Crippen LogP contribution in [0, 0.1) is 0 Å². The Morgan fingerprint density at radius 3 is 3.40 bits per heavy atom. The Balaban J connectivity index is 2.44. The number of thioether (sulfide) groups is 1. The summed E-state index contributed by atoms with van der Waals surface area (Å²) in [5, 5.41) is 0. The van der Waals surface area contributed by atoms with Gasteiger partial charge in [-0.25, -0.2) is 0 Å². The average molecular weight is 154 g/mol. The summed E-state index contributed by atoms with van der Waals surface area (Å²) in [6.07, 6.45) is 4.14. The molecule has 0 atom stereocenters. The maximum Gasteiger partial charge on any atom is 0.107 e. The van der Waals surface area contributed by atoms with Gasteiger partial charge in [0.15, 0.2) is 0 Å². The van der Waals surface area contributed by atoms with Crippen molar-refractivity contribution in [2.24, 2.45) is 0 Å². The van der Waals surface area contributed by atoms with Gasteiger partial charge in [0.05, 0.1) is 0 Å². The molecule has 1 nitrogen and oxygen atoms in total. The fourth-order valence-corrected chi connectivity index (χ4v) is 2.38. The molecule has 2 heterocycles. The van der Waals surface area contributed by atoms with E-state index >= 15 is 0 Å². The van der Waals surface area contributed by atoms with Crippen LogP contribution in [-0.4, -0.2) is 5.75 Å². The van der Waals surface area contributed by atoms with E-state index in [1.165, 1.54) is 28.4 Å². The van der Waals surface area contributed by atoms with Gasteiger partial charge in [-0.2, -0.15) is 0 Å². The minimum atomic E-state index is 1.04. The van der Waals surface area contributed by atoms with Crippen molar-refractivity contribution >= 4 is 11.8 Å². The third kappa shape index (κ3) is 0.788. The molecule has 0 amide bonds. The van der Waals surface area contributed by atoms with Gasteiger partial charge in [0.25, 0.3) is 0 Å². The predicted molar refractivity (Wildman–Crippen MR) is 42.5 cm³/mol. The summed E-state index contributed by atoms with van der Waals surface area (Å²) in [5.74, 6) is 2.44. The Morgan fingerprint density at radius 2 is 2.60 bits per heavy atom. The lowest BCUT2D eigenvalue weighted by molar-refractivity contribution is 0.508. The summed E-state index contributed by atoms with van der Waals surface area (Å²) in [6, 6.07) is 0. The van der Waals surface area contributed by atoms with Gasteiger partial charge in [0.2, 0.25) is 0 Å². The smallest absolute Gasteiger partial charge is 0.107 e. The Hall–Kier alpha value is -0.370. The molecule has 0 N–H and O–H groups in total. The van der Waals surface area contributed by atoms with E-state index in [9.17, 15) is 0 Å². The first-order valence-electron chi connectivity index (χ1n) is 3.64. The standard InChI is InChI=1S/C8H10OS/c1-2-7-6-3-4-10-8(6)5-9-7/h5H,2-4H2,1H3. The average Bonchev–Trinajstić information content (AvgIpc) is 2.44. The van der Waals surface area contributed by atoms with Crippen molar-refractivity contribution in [3.8, 4) is 0 Å². The molecule has 0 bridgehead atoms. The van der Waals surface area contributed by atoms with E-state index < -0.39 is 0 Å². The van der Waals surface area contributed by atoms with Crippen LogP contribution in [0.4, 0.5) is 0 Å². The zero-order valence-corrected chi connectivity index (χ0v) is 6.83. The number of rotatable bonds is 1. The van der Waals surface area contributed by atoms with E-state index in [2.05, 4.69) is 6.92 Å². The van der Waals surface area contributed by atoms with E-state index in [4.69, 9.17) is 4.42 Å². The molecule has 2 rings (SSSR count). The minimum Gasteiger partial charge on any atom is -0.468 e. The molecule has 1 aromatic heterocycles. The van der Waals surface area contributed by atoms with Crippen LogP contribution in [0.3, 0.4) is 0 Å². The Labute approximate surface area is 64.8 Å². The second-order valence-corrected chi connectivity index (χ2v) is 3.59. The molecule has 0 saturated carbocycles. The van der Waals surface area contributed by atoms with Crippen molar-refractivity contribution in [3.63, 3.8) is 0 Å². The summed E-state index contributed by atoms with van der Waals surface area (Å²) in [7, 11) is 0. The van der Waals surface area contributed by atoms with Crippen molar-refractivity contribution in [1.82, 2.24) is 0 Å². The molecule has 1 aliphatic rings. The first-order chi connectivity index (χ1) is 4.92. The number of fused-ring (bicyclic) bond motifs is 1. The lowest BCUT2D eigenvalue weighted by atomic mass is 10.2. The number of aryl methyl sites for hydroxylation is 1. The minimum absolute atomic E-state index is 1.04. The van der Waals surface area contributed by atoms with Crippen LogP contribution < -0.4 is 0 Å². The van der Waals surface area contributed by atoms with Crippen LogP contribution in [-0.2, 0) is 12.8 Å². The SMILES string of the molecule is CCc1occ2c1CCS2. The summed E-state index contributed by atoms with van der Waals surface area (Å²) < 4.78 is 5.37. The highest BCUT2D eigenvalue weighted by Crippen LogP contribution is 2.34. The molecule has 0 aromatic carbocycles. The summed E-state index contributed by atoms with van der Waals surface area (Å²) in [6.45, 7) is 2.14. The molecule has 0 radical (unpaired) electrons. The van der Waals surface area contributed by atoms with Crippen molar-refractivity contribution in [2.75, 3.05) is 5.75 Å². The number of hydrogen-bond donors (Lipinski definition) is 0. The molecule has 54 valence electrons. The molecule has 2 heteroatoms. The zero-order chi connectivity index (χ0) is 6.97. The quantitative estimate of drug-likeness (QED) is 0.616. The maximum atomic E-state index is 5.37. The molecule has 1 aliphatic heterocycles. The van der Waals surface area contributed by atoms with Gasteiger partial charge in [-0.3, -0.25) is 0 Å². The molecule has 0 unspecified atom stereocenters. The molecule has 10 heavy (non-hydrogen) atoms. The monoisotopic (exact) mass is 154 g/mol. The summed E-state index contributed by atoms with van der Waals surface area (Å²) in [4.78, 5) is 1.37. The molecule has 1 aromatic rings. The highest BCUT2D eigenvalue weighted by molar-refractivity contribution is 7.99. The lowest BCUT2D eigenvalue weighted by Gasteiger charge is -1.90. The van der Waals surface area contributed by atoms with E-state index in [1.807, 2.05) is 18.0 Å². The van der Waals surface area contributed by atoms with E-state index in [0.717, 1.165) is 6.42 Å². The Morgan fingerprint density at radius 1 is 1.70 bits per heavy atom. The van der Waals surface area contributed by atoms with Gasteiger partial charge in [-0.15, -0.1) is 11.8 Å². The Kier molecular flexibility index (Phi) is 1.49. The molecule has 0 spiro atoms. The van der Waals surface area contributed by atoms with E-state index in [0.29, 0.717) is 0 Å². The van der Waals surface area contributed by atoms with Crippen molar-refractivity contribution in [2.45, 2.75) is 24.7 Å². The number of furan rings is 1. The molecule has 0 fully saturated rings. The molecular formula is C8H10OS. The normalized spacial score (nSPS) is 15.7. The number of hydrogen-bond acceptors (Lipinski definition) is 2. The first-order valence-corrected chi connectivity index (χ1v) is 4.62. The van der Waals surface area contributed by atoms with Crippen LogP contribution in [0.2, 0.25) is 0 Å². The largest absolute Gasteiger partial charge is 0.468 e. The summed E-state index contributed by atoms with van der Waals surface area (Å²) >= 11 is 1.91. The van der Waals surface area contributed by atoms with Gasteiger partial charge in [0, 0.05) is 22.6 Å². The highest BCUT2D eigenvalue weighted by atomic mass is 32.2. The van der Waals surface area contributed by atoms with Gasteiger partial charge >= 0.3 is 0 Å². The lowest BCUT2D eigenvalue weighted by Crippen LogP contribution is -1.84. The van der Waals surface area contributed by atoms with Crippen LogP contribution in [0.15, 0.2) is 15.6 Å².